The van der Waals surface area contributed by atoms with Crippen molar-refractivity contribution in [3.05, 3.63) is 34.9 Å². The number of carbonyl (C=O) groups excluding carboxylic acids is 1. The van der Waals surface area contributed by atoms with E-state index in [4.69, 9.17) is 11.6 Å². The molecule has 1 aromatic carbocycles. The molecule has 0 aromatic heterocycles. The first-order chi connectivity index (χ1) is 8.25. The molecule has 0 heterocycles. The Labute approximate surface area is 107 Å². The highest BCUT2D eigenvalue weighted by Crippen LogP contribution is 2.18. The summed E-state index contributed by atoms with van der Waals surface area (Å²) in [5.41, 5.74) is 0.877. The summed E-state index contributed by atoms with van der Waals surface area (Å²) in [6.07, 6.45) is 2.89. The number of amides is 1. The first-order valence-electron chi connectivity index (χ1n) is 5.99. The van der Waals surface area contributed by atoms with Gasteiger partial charge in [0.15, 0.2) is 0 Å². The van der Waals surface area contributed by atoms with E-state index in [1.165, 1.54) is 12.8 Å². The van der Waals surface area contributed by atoms with Gasteiger partial charge >= 0.3 is 0 Å². The van der Waals surface area contributed by atoms with Crippen molar-refractivity contribution in [3.63, 3.8) is 0 Å². The Bertz CT molecular complexity index is 391. The Hall–Kier alpha value is -1.06. The average molecular weight is 253 g/mol. The molecule has 1 aliphatic rings. The maximum atomic E-state index is 11.6. The number of halogens is 1. The number of nitrogens with one attached hydrogen (secondary N) is 2. The first-order valence-corrected chi connectivity index (χ1v) is 6.37. The van der Waals surface area contributed by atoms with E-state index in [2.05, 4.69) is 10.6 Å². The summed E-state index contributed by atoms with van der Waals surface area (Å²) in [7, 11) is 0. The normalized spacial score (nSPS) is 14.6. The van der Waals surface area contributed by atoms with E-state index >= 15 is 0 Å². The van der Waals surface area contributed by atoms with Gasteiger partial charge in [-0.3, -0.25) is 4.79 Å². The van der Waals surface area contributed by atoms with Crippen LogP contribution in [0, 0.1) is 0 Å². The Morgan fingerprint density at radius 1 is 1.29 bits per heavy atom. The quantitative estimate of drug-likeness (QED) is 0.758. The molecule has 3 nitrogen and oxygen atoms in total. The SMILES string of the molecule is O=C(Cc1ccccc1Cl)NCCNC1CC1. The van der Waals surface area contributed by atoms with Crippen LogP contribution in [0.4, 0.5) is 0 Å². The molecule has 0 unspecified atom stereocenters. The van der Waals surface area contributed by atoms with Crippen LogP contribution in [-0.2, 0) is 11.2 Å². The number of benzene rings is 1. The fourth-order valence-corrected chi connectivity index (χ4v) is 1.85. The zero-order valence-electron chi connectivity index (χ0n) is 9.71. The Morgan fingerprint density at radius 2 is 2.06 bits per heavy atom. The monoisotopic (exact) mass is 252 g/mol. The topological polar surface area (TPSA) is 41.1 Å². The Balaban J connectivity index is 1.67. The van der Waals surface area contributed by atoms with E-state index in [1.807, 2.05) is 18.2 Å². The van der Waals surface area contributed by atoms with Gasteiger partial charge in [-0.25, -0.2) is 0 Å². The summed E-state index contributed by atoms with van der Waals surface area (Å²) in [6, 6.07) is 8.13. The lowest BCUT2D eigenvalue weighted by Crippen LogP contribution is -2.33. The van der Waals surface area contributed by atoms with Crippen LogP contribution in [0.2, 0.25) is 5.02 Å². The number of hydrogen-bond donors (Lipinski definition) is 2. The van der Waals surface area contributed by atoms with E-state index in [0.29, 0.717) is 24.0 Å². The predicted molar refractivity (Wildman–Crippen MR) is 69.2 cm³/mol. The average Bonchev–Trinajstić information content (AvgIpc) is 3.12. The van der Waals surface area contributed by atoms with Gasteiger partial charge in [-0.05, 0) is 24.5 Å². The zero-order valence-corrected chi connectivity index (χ0v) is 10.5. The van der Waals surface area contributed by atoms with Crippen LogP contribution in [0.25, 0.3) is 0 Å². The lowest BCUT2D eigenvalue weighted by atomic mass is 10.1. The summed E-state index contributed by atoms with van der Waals surface area (Å²) in [4.78, 5) is 11.6. The van der Waals surface area contributed by atoms with E-state index in [0.717, 1.165) is 12.1 Å². The van der Waals surface area contributed by atoms with Crippen molar-refractivity contribution in [1.82, 2.24) is 10.6 Å². The third-order valence-electron chi connectivity index (χ3n) is 2.77. The molecule has 0 saturated heterocycles. The fraction of sp³-hybridized carbons (Fsp3) is 0.462. The molecule has 1 fully saturated rings. The highest BCUT2D eigenvalue weighted by molar-refractivity contribution is 6.31. The van der Waals surface area contributed by atoms with Crippen LogP contribution >= 0.6 is 11.6 Å². The first kappa shape index (κ1) is 12.4. The van der Waals surface area contributed by atoms with Crippen molar-refractivity contribution in [2.75, 3.05) is 13.1 Å². The van der Waals surface area contributed by atoms with Crippen LogP contribution < -0.4 is 10.6 Å². The minimum Gasteiger partial charge on any atom is -0.355 e. The van der Waals surface area contributed by atoms with Gasteiger partial charge in [0.2, 0.25) is 5.91 Å². The van der Waals surface area contributed by atoms with Crippen LogP contribution in [0.3, 0.4) is 0 Å². The molecular weight excluding hydrogens is 236 g/mol. The second kappa shape index (κ2) is 6.03. The third-order valence-corrected chi connectivity index (χ3v) is 3.14. The molecule has 0 bridgehead atoms. The minimum atomic E-state index is 0.0238. The molecule has 17 heavy (non-hydrogen) atoms. The maximum Gasteiger partial charge on any atom is 0.224 e. The van der Waals surface area contributed by atoms with Crippen LogP contribution in [0.5, 0.6) is 0 Å². The molecule has 2 N–H and O–H groups in total. The van der Waals surface area contributed by atoms with Gasteiger partial charge in [-0.15, -0.1) is 0 Å². The van der Waals surface area contributed by atoms with Gasteiger partial charge < -0.3 is 10.6 Å². The van der Waals surface area contributed by atoms with Crippen molar-refractivity contribution in [2.24, 2.45) is 0 Å². The molecule has 1 saturated carbocycles. The lowest BCUT2D eigenvalue weighted by Gasteiger charge is -2.07. The molecule has 0 radical (unpaired) electrons. The standard InChI is InChI=1S/C13H17ClN2O/c14-12-4-2-1-3-10(12)9-13(17)16-8-7-15-11-5-6-11/h1-4,11,15H,5-9H2,(H,16,17). The van der Waals surface area contributed by atoms with Gasteiger partial charge in [-0.2, -0.15) is 0 Å². The molecule has 0 aliphatic heterocycles. The van der Waals surface area contributed by atoms with Crippen molar-refractivity contribution in [1.29, 1.82) is 0 Å². The van der Waals surface area contributed by atoms with Crippen LogP contribution in [-0.4, -0.2) is 25.0 Å². The molecule has 0 spiro atoms. The summed E-state index contributed by atoms with van der Waals surface area (Å²) < 4.78 is 0. The third kappa shape index (κ3) is 4.36. The van der Waals surface area contributed by atoms with E-state index < -0.39 is 0 Å². The Morgan fingerprint density at radius 3 is 2.76 bits per heavy atom. The van der Waals surface area contributed by atoms with Gasteiger partial charge in [0.05, 0.1) is 6.42 Å². The smallest absolute Gasteiger partial charge is 0.224 e. The summed E-state index contributed by atoms with van der Waals surface area (Å²) >= 11 is 5.99. The Kier molecular flexibility index (Phi) is 4.40. The van der Waals surface area contributed by atoms with Crippen LogP contribution in [0.15, 0.2) is 24.3 Å². The highest BCUT2D eigenvalue weighted by Gasteiger charge is 2.19. The van der Waals surface area contributed by atoms with E-state index in [1.54, 1.807) is 6.07 Å². The molecule has 2 rings (SSSR count). The van der Waals surface area contributed by atoms with Gasteiger partial charge in [0.1, 0.15) is 0 Å². The van der Waals surface area contributed by atoms with Gasteiger partial charge in [0.25, 0.3) is 0 Å². The van der Waals surface area contributed by atoms with Crippen molar-refractivity contribution in [3.8, 4) is 0 Å². The van der Waals surface area contributed by atoms with E-state index in [9.17, 15) is 4.79 Å². The fourth-order valence-electron chi connectivity index (χ4n) is 1.64. The number of rotatable bonds is 6. The number of hydrogen-bond acceptors (Lipinski definition) is 2. The summed E-state index contributed by atoms with van der Waals surface area (Å²) in [5, 5.41) is 6.88. The zero-order chi connectivity index (χ0) is 12.1. The number of carbonyl (C=O) groups is 1. The largest absolute Gasteiger partial charge is 0.355 e. The van der Waals surface area contributed by atoms with Gasteiger partial charge in [0, 0.05) is 24.2 Å². The van der Waals surface area contributed by atoms with Crippen LogP contribution in [0.1, 0.15) is 18.4 Å². The van der Waals surface area contributed by atoms with Crippen molar-refractivity contribution < 1.29 is 4.79 Å². The molecule has 1 amide bonds. The maximum absolute atomic E-state index is 11.6. The minimum absolute atomic E-state index is 0.0238. The second-order valence-electron chi connectivity index (χ2n) is 4.35. The van der Waals surface area contributed by atoms with Crippen molar-refractivity contribution in [2.45, 2.75) is 25.3 Å². The second-order valence-corrected chi connectivity index (χ2v) is 4.75. The van der Waals surface area contributed by atoms with E-state index in [-0.39, 0.29) is 5.91 Å². The molecule has 1 aliphatic carbocycles. The molecule has 0 atom stereocenters. The molecule has 4 heteroatoms. The predicted octanol–water partition coefficient (Wildman–Crippen LogP) is 1.75. The lowest BCUT2D eigenvalue weighted by molar-refractivity contribution is -0.120. The summed E-state index contributed by atoms with van der Waals surface area (Å²) in [6.45, 7) is 1.53. The van der Waals surface area contributed by atoms with Crippen molar-refractivity contribution >= 4 is 17.5 Å². The van der Waals surface area contributed by atoms with Gasteiger partial charge in [-0.1, -0.05) is 29.8 Å². The molecule has 1 aromatic rings. The molecular formula is C13H17ClN2O. The summed E-state index contributed by atoms with van der Waals surface area (Å²) in [5.74, 6) is 0.0238. The highest BCUT2D eigenvalue weighted by atomic mass is 35.5. The molecule has 92 valence electrons.